The highest BCUT2D eigenvalue weighted by molar-refractivity contribution is 5.74. The molecule has 0 aliphatic rings. The van der Waals surface area contributed by atoms with Gasteiger partial charge in [-0.15, -0.1) is 0 Å². The maximum absolute atomic E-state index is 10.2. The summed E-state index contributed by atoms with van der Waals surface area (Å²) in [6, 6.07) is -1.53. The van der Waals surface area contributed by atoms with E-state index in [-0.39, 0.29) is 11.9 Å². The first kappa shape index (κ1) is 20.4. The summed E-state index contributed by atoms with van der Waals surface area (Å²) >= 11 is 0. The highest BCUT2D eigenvalue weighted by Crippen LogP contribution is 1.96. The molecule has 0 aromatic carbocycles. The van der Waals surface area contributed by atoms with E-state index in [1.165, 1.54) is 0 Å². The lowest BCUT2D eigenvalue weighted by Crippen LogP contribution is -2.34. The molecule has 0 radical (unpaired) electrons. The Kier molecular flexibility index (Phi) is 11.2. The first-order valence-corrected chi connectivity index (χ1v) is 6.14. The number of hydrogen-bond acceptors (Lipinski definition) is 5. The summed E-state index contributed by atoms with van der Waals surface area (Å²) in [4.78, 5) is 20.2. The van der Waals surface area contributed by atoms with Crippen LogP contribution in [0.4, 0.5) is 0 Å². The number of guanidine groups is 1. The molecule has 0 saturated carbocycles. The van der Waals surface area contributed by atoms with Crippen molar-refractivity contribution >= 4 is 17.9 Å². The maximum atomic E-state index is 10.2. The fourth-order valence-corrected chi connectivity index (χ4v) is 0.954. The Labute approximate surface area is 118 Å². The second-order valence-corrected chi connectivity index (χ2v) is 4.54. The van der Waals surface area contributed by atoms with Gasteiger partial charge in [0.05, 0.1) is 0 Å². The van der Waals surface area contributed by atoms with E-state index >= 15 is 0 Å². The lowest BCUT2D eigenvalue weighted by atomic mass is 10.1. The second kappa shape index (κ2) is 11.0. The van der Waals surface area contributed by atoms with Crippen molar-refractivity contribution in [3.05, 3.63) is 0 Å². The molecule has 0 aliphatic heterocycles. The summed E-state index contributed by atoms with van der Waals surface area (Å²) in [6.07, 6.45) is 0.975. The van der Waals surface area contributed by atoms with Crippen LogP contribution >= 0.6 is 0 Å². The van der Waals surface area contributed by atoms with Crippen LogP contribution in [-0.2, 0) is 9.59 Å². The number of nitrogens with one attached hydrogen (secondary N) is 2. The van der Waals surface area contributed by atoms with Crippen molar-refractivity contribution in [1.82, 2.24) is 5.32 Å². The van der Waals surface area contributed by atoms with Gasteiger partial charge in [0.2, 0.25) is 0 Å². The smallest absolute Gasteiger partial charge is 0.320 e. The third kappa shape index (κ3) is 12.6. The molecule has 0 rings (SSSR count). The van der Waals surface area contributed by atoms with Crippen LogP contribution in [0, 0.1) is 11.3 Å². The van der Waals surface area contributed by atoms with E-state index in [1.807, 2.05) is 0 Å². The molecule has 0 bridgehead atoms. The summed E-state index contributed by atoms with van der Waals surface area (Å²) in [5.74, 6) is -2.02. The van der Waals surface area contributed by atoms with E-state index in [9.17, 15) is 9.59 Å². The summed E-state index contributed by atoms with van der Waals surface area (Å²) in [7, 11) is 0. The number of rotatable bonds is 7. The average Bonchev–Trinajstić information content (AvgIpc) is 2.33. The predicted molar refractivity (Wildman–Crippen MR) is 75.2 cm³/mol. The molecule has 0 heterocycles. The van der Waals surface area contributed by atoms with Crippen molar-refractivity contribution in [1.29, 1.82) is 5.41 Å². The molecule has 20 heavy (non-hydrogen) atoms. The number of hydrogen-bond donors (Lipinski definition) is 7. The van der Waals surface area contributed by atoms with Crippen LogP contribution in [0.1, 0.15) is 26.7 Å². The van der Waals surface area contributed by atoms with Crippen LogP contribution in [0.2, 0.25) is 0 Å². The zero-order valence-electron chi connectivity index (χ0n) is 11.8. The van der Waals surface area contributed by atoms with Gasteiger partial charge in [0.15, 0.2) is 5.96 Å². The van der Waals surface area contributed by atoms with Crippen LogP contribution in [0.5, 0.6) is 0 Å². The lowest BCUT2D eigenvalue weighted by Gasteiger charge is -2.07. The highest BCUT2D eigenvalue weighted by Gasteiger charge is 2.14. The summed E-state index contributed by atoms with van der Waals surface area (Å²) in [5, 5.41) is 25.9. The molecule has 0 spiro atoms. The van der Waals surface area contributed by atoms with Gasteiger partial charge in [0, 0.05) is 6.54 Å². The highest BCUT2D eigenvalue weighted by atomic mass is 16.4. The summed E-state index contributed by atoms with van der Waals surface area (Å²) in [6.45, 7) is 4.04. The molecule has 0 fully saturated rings. The van der Waals surface area contributed by atoms with Crippen molar-refractivity contribution in [2.24, 2.45) is 23.1 Å². The molecule has 9 heteroatoms. The van der Waals surface area contributed by atoms with Gasteiger partial charge in [-0.2, -0.15) is 0 Å². The molecular weight excluding hydrogens is 266 g/mol. The molecule has 10 N–H and O–H groups in total. The van der Waals surface area contributed by atoms with Crippen molar-refractivity contribution in [2.45, 2.75) is 38.8 Å². The molecule has 0 aromatic heterocycles. The van der Waals surface area contributed by atoms with E-state index < -0.39 is 24.0 Å². The fourth-order valence-electron chi connectivity index (χ4n) is 0.954. The van der Waals surface area contributed by atoms with Crippen LogP contribution in [0.15, 0.2) is 0 Å². The second-order valence-electron chi connectivity index (χ2n) is 4.54. The molecule has 0 unspecified atom stereocenters. The topological polar surface area (TPSA) is 189 Å². The third-order valence-electron chi connectivity index (χ3n) is 2.33. The zero-order chi connectivity index (χ0) is 16.3. The number of carboxylic acids is 2. The van der Waals surface area contributed by atoms with E-state index in [0.717, 1.165) is 0 Å². The van der Waals surface area contributed by atoms with Gasteiger partial charge >= 0.3 is 11.9 Å². The van der Waals surface area contributed by atoms with Gasteiger partial charge in [0.25, 0.3) is 0 Å². The maximum Gasteiger partial charge on any atom is 0.320 e. The van der Waals surface area contributed by atoms with Crippen LogP contribution in [-0.4, -0.2) is 46.7 Å². The normalized spacial score (nSPS) is 12.8. The Morgan fingerprint density at radius 1 is 1.20 bits per heavy atom. The fraction of sp³-hybridized carbons (Fsp3) is 0.727. The molecule has 0 aromatic rings. The van der Waals surface area contributed by atoms with Gasteiger partial charge in [-0.25, -0.2) is 0 Å². The van der Waals surface area contributed by atoms with Crippen molar-refractivity contribution < 1.29 is 19.8 Å². The minimum absolute atomic E-state index is 0.0208. The monoisotopic (exact) mass is 291 g/mol. The van der Waals surface area contributed by atoms with Gasteiger partial charge in [0.1, 0.15) is 12.1 Å². The Hall–Kier alpha value is -1.87. The quantitative estimate of drug-likeness (QED) is 0.171. The van der Waals surface area contributed by atoms with Gasteiger partial charge in [-0.1, -0.05) is 13.8 Å². The van der Waals surface area contributed by atoms with Crippen molar-refractivity contribution in [3.63, 3.8) is 0 Å². The SMILES string of the molecule is CC(C)[C@H](N)C(=O)O.N=C(N)NCCC[C@H](N)C(=O)O. The number of carboxylic acid groups (broad SMARTS) is 2. The molecule has 0 saturated heterocycles. The number of nitrogens with two attached hydrogens (primary N) is 3. The first-order valence-electron chi connectivity index (χ1n) is 6.14. The number of aliphatic carboxylic acids is 2. The van der Waals surface area contributed by atoms with E-state index in [1.54, 1.807) is 13.8 Å². The van der Waals surface area contributed by atoms with Crippen molar-refractivity contribution in [2.75, 3.05) is 6.54 Å². The largest absolute Gasteiger partial charge is 0.480 e. The predicted octanol–water partition coefficient (Wildman–Crippen LogP) is -1.28. The Morgan fingerprint density at radius 2 is 1.70 bits per heavy atom. The van der Waals surface area contributed by atoms with E-state index in [4.69, 9.17) is 32.8 Å². The summed E-state index contributed by atoms with van der Waals surface area (Å²) in [5.41, 5.74) is 15.4. The molecule has 118 valence electrons. The molecular formula is C11H25N5O4. The van der Waals surface area contributed by atoms with Gasteiger partial charge < -0.3 is 32.7 Å². The Balaban J connectivity index is 0. The van der Waals surface area contributed by atoms with Gasteiger partial charge in [-0.05, 0) is 18.8 Å². The minimum atomic E-state index is -1.00. The molecule has 9 nitrogen and oxygen atoms in total. The van der Waals surface area contributed by atoms with Gasteiger partial charge in [-0.3, -0.25) is 15.0 Å². The number of carbonyl (C=O) groups is 2. The minimum Gasteiger partial charge on any atom is -0.480 e. The lowest BCUT2D eigenvalue weighted by molar-refractivity contribution is -0.140. The molecule has 0 aliphatic carbocycles. The standard InChI is InChI=1S/C6H14N4O2.C5H11NO2/c7-4(5(11)12)2-1-3-10-6(8)9;1-3(2)4(6)5(7)8/h4H,1-3,7H2,(H,11,12)(H4,8,9,10);3-4H,6H2,1-2H3,(H,7,8)/t2*4-/m00/s1. The van der Waals surface area contributed by atoms with Crippen LogP contribution in [0.3, 0.4) is 0 Å². The summed E-state index contributed by atoms with van der Waals surface area (Å²) < 4.78 is 0. The first-order chi connectivity index (χ1) is 9.09. The van der Waals surface area contributed by atoms with E-state index in [2.05, 4.69) is 5.32 Å². The third-order valence-corrected chi connectivity index (χ3v) is 2.33. The van der Waals surface area contributed by atoms with Crippen LogP contribution in [0.25, 0.3) is 0 Å². The average molecular weight is 291 g/mol. The van der Waals surface area contributed by atoms with Crippen LogP contribution < -0.4 is 22.5 Å². The van der Waals surface area contributed by atoms with Crippen molar-refractivity contribution in [3.8, 4) is 0 Å². The molecule has 2 atom stereocenters. The Bertz CT molecular complexity index is 322. The zero-order valence-corrected chi connectivity index (χ0v) is 11.8. The Morgan fingerprint density at radius 3 is 1.95 bits per heavy atom. The van der Waals surface area contributed by atoms with E-state index in [0.29, 0.717) is 19.4 Å². The molecule has 0 amide bonds.